The number of alkyl carbamates (subject to hydrolysis) is 2. The zero-order valence-electron chi connectivity index (χ0n) is 58.7. The van der Waals surface area contributed by atoms with E-state index in [1.807, 2.05) is 102 Å². The summed E-state index contributed by atoms with van der Waals surface area (Å²) in [5, 5.41) is 17.7. The summed E-state index contributed by atoms with van der Waals surface area (Å²) in [5.74, 6) is 0. The fourth-order valence-electron chi connectivity index (χ4n) is 10.1. The average Bonchev–Trinajstić information content (AvgIpc) is 1.39. The van der Waals surface area contributed by atoms with Crippen LogP contribution in [-0.4, -0.2) is 104 Å². The van der Waals surface area contributed by atoms with Crippen LogP contribution in [0.4, 0.5) is 30.6 Å². The van der Waals surface area contributed by atoms with Crippen LogP contribution in [0.5, 0.6) is 0 Å². The molecule has 1 saturated heterocycles. The van der Waals surface area contributed by atoms with Gasteiger partial charge in [-0.2, -0.15) is 0 Å². The predicted octanol–water partition coefficient (Wildman–Crippen LogP) is 15.3. The topological polar surface area (TPSA) is 296 Å². The SMILES string of the molecule is CC(C)(C)NS(=O)(=O)c1cc(NC(=O)NCc2ccccc2)ccc1-c1cnc(Br)s1.CC(C)(C)NS(=O)(=O)c1cc(NC(=O)NCc2ccccc2)ccc1-c1cnc(C2=CCC(NC(=O)OC(C)(C)C)CC2)s1.CC(C)(C)OC(=O)NC1CC=C(B2OC(C)(C)C(C)(C)O2)CC1. The van der Waals surface area contributed by atoms with Gasteiger partial charge in [0.05, 0.1) is 30.7 Å². The maximum absolute atomic E-state index is 13.6. The van der Waals surface area contributed by atoms with Crippen LogP contribution in [0.2, 0.25) is 0 Å². The molecule has 2 aliphatic carbocycles. The number of aromatic nitrogens is 2. The molecule has 530 valence electrons. The maximum Gasteiger partial charge on any atom is 0.490 e. The van der Waals surface area contributed by atoms with E-state index >= 15 is 0 Å². The number of rotatable bonds is 16. The molecule has 0 saturated carbocycles. The number of sulfonamides is 2. The lowest BCUT2D eigenvalue weighted by Crippen LogP contribution is -2.41. The molecule has 9 rings (SSSR count). The van der Waals surface area contributed by atoms with Gasteiger partial charge in [-0.25, -0.2) is 55.4 Å². The van der Waals surface area contributed by atoms with Gasteiger partial charge in [0.25, 0.3) is 0 Å². The molecule has 28 heteroatoms. The molecular weight excluding hydrogens is 1390 g/mol. The van der Waals surface area contributed by atoms with Crippen LogP contribution >= 0.6 is 38.6 Å². The highest BCUT2D eigenvalue weighted by atomic mass is 79.9. The summed E-state index contributed by atoms with van der Waals surface area (Å²) in [6.45, 7) is 30.6. The average molecular weight is 1490 g/mol. The molecule has 0 bridgehead atoms. The molecule has 3 heterocycles. The van der Waals surface area contributed by atoms with Crippen LogP contribution in [0.25, 0.3) is 26.5 Å². The first-order chi connectivity index (χ1) is 45.5. The van der Waals surface area contributed by atoms with Gasteiger partial charge in [0, 0.05) is 71.1 Å². The number of benzene rings is 4. The van der Waals surface area contributed by atoms with Crippen LogP contribution in [0.15, 0.2) is 141 Å². The number of allylic oxidation sites excluding steroid dienone is 2. The first kappa shape index (κ1) is 78.3. The number of carbonyl (C=O) groups is 4. The summed E-state index contributed by atoms with van der Waals surface area (Å²) in [6.07, 6.45) is 11.3. The van der Waals surface area contributed by atoms with E-state index in [1.54, 1.807) is 78.2 Å². The van der Waals surface area contributed by atoms with Gasteiger partial charge in [-0.05, 0) is 212 Å². The number of amides is 6. The summed E-state index contributed by atoms with van der Waals surface area (Å²) in [6, 6.07) is 27.8. The quantitative estimate of drug-likeness (QED) is 0.0418. The molecule has 1 fully saturated rings. The van der Waals surface area contributed by atoms with Crippen molar-refractivity contribution in [2.75, 3.05) is 10.6 Å². The molecule has 1 aliphatic heterocycles. The third kappa shape index (κ3) is 24.4. The lowest BCUT2D eigenvalue weighted by atomic mass is 9.72. The van der Waals surface area contributed by atoms with E-state index in [1.165, 1.54) is 40.3 Å². The van der Waals surface area contributed by atoms with Crippen molar-refractivity contribution in [3.8, 4) is 20.9 Å². The van der Waals surface area contributed by atoms with Gasteiger partial charge in [-0.1, -0.05) is 84.9 Å². The second-order valence-corrected chi connectivity index (χ2v) is 35.7. The van der Waals surface area contributed by atoms with Crippen LogP contribution in [0, 0.1) is 0 Å². The van der Waals surface area contributed by atoms with Gasteiger partial charge in [-0.3, -0.25) is 0 Å². The minimum Gasteiger partial charge on any atom is -0.444 e. The van der Waals surface area contributed by atoms with Crippen LogP contribution in [0.3, 0.4) is 0 Å². The number of hydrogen-bond donors (Lipinski definition) is 8. The van der Waals surface area contributed by atoms with E-state index in [2.05, 4.69) is 107 Å². The van der Waals surface area contributed by atoms with Gasteiger partial charge in [0.1, 0.15) is 16.2 Å². The molecule has 2 unspecified atom stereocenters. The lowest BCUT2D eigenvalue weighted by molar-refractivity contribution is 0.00578. The molecule has 22 nitrogen and oxygen atoms in total. The van der Waals surface area contributed by atoms with Crippen molar-refractivity contribution in [1.82, 2.24) is 40.7 Å². The van der Waals surface area contributed by atoms with E-state index in [4.69, 9.17) is 18.8 Å². The normalized spacial score (nSPS) is 17.1. The fourth-order valence-corrected chi connectivity index (χ4v) is 15.9. The minimum atomic E-state index is -3.97. The van der Waals surface area contributed by atoms with Crippen molar-refractivity contribution in [3.63, 3.8) is 0 Å². The summed E-state index contributed by atoms with van der Waals surface area (Å²) in [4.78, 5) is 59.2. The minimum absolute atomic E-state index is 0.0295. The molecule has 4 aromatic carbocycles. The zero-order chi connectivity index (χ0) is 72.2. The summed E-state index contributed by atoms with van der Waals surface area (Å²) in [5.41, 5.74) is 2.79. The Bertz CT molecular complexity index is 4050. The van der Waals surface area contributed by atoms with Crippen molar-refractivity contribution < 1.29 is 54.8 Å². The fraction of sp³-hybridized carbons (Fsp3) is 0.457. The van der Waals surface area contributed by atoms with Gasteiger partial charge in [-0.15, -0.1) is 22.7 Å². The molecular formula is C70H94BBrN10O12S4. The molecule has 6 aromatic rings. The van der Waals surface area contributed by atoms with Crippen LogP contribution < -0.4 is 41.3 Å². The first-order valence-corrected chi connectivity index (χ1v) is 37.7. The Labute approximate surface area is 594 Å². The number of hydrogen-bond acceptors (Lipinski definition) is 16. The van der Waals surface area contributed by atoms with Gasteiger partial charge in [0.2, 0.25) is 20.0 Å². The van der Waals surface area contributed by atoms with Crippen molar-refractivity contribution in [2.24, 2.45) is 0 Å². The van der Waals surface area contributed by atoms with Gasteiger partial charge in [0.15, 0.2) is 3.92 Å². The molecule has 8 N–H and O–H groups in total. The van der Waals surface area contributed by atoms with Crippen molar-refractivity contribution in [1.29, 1.82) is 0 Å². The molecule has 0 spiro atoms. The van der Waals surface area contributed by atoms with E-state index in [0.29, 0.717) is 62.1 Å². The van der Waals surface area contributed by atoms with E-state index in [0.717, 1.165) is 47.4 Å². The molecule has 6 amide bonds. The number of carbonyl (C=O) groups excluding carboxylic acids is 4. The number of urea groups is 2. The molecule has 2 atom stereocenters. The number of nitrogens with zero attached hydrogens (tertiary/aromatic N) is 2. The van der Waals surface area contributed by atoms with Crippen LogP contribution in [0.1, 0.15) is 165 Å². The molecule has 2 aromatic heterocycles. The number of halogens is 1. The Balaban J connectivity index is 0.000000219. The molecule has 0 radical (unpaired) electrons. The third-order valence-electron chi connectivity index (χ3n) is 15.2. The Kier molecular flexibility index (Phi) is 26.0. The largest absolute Gasteiger partial charge is 0.490 e. The van der Waals surface area contributed by atoms with Gasteiger partial charge >= 0.3 is 31.4 Å². The first-order valence-electron chi connectivity index (χ1n) is 32.4. The zero-order valence-corrected chi connectivity index (χ0v) is 63.6. The summed E-state index contributed by atoms with van der Waals surface area (Å²) < 4.78 is 82.3. The van der Waals surface area contributed by atoms with Crippen molar-refractivity contribution >= 4 is 107 Å². The monoisotopic (exact) mass is 1480 g/mol. The molecule has 98 heavy (non-hydrogen) atoms. The summed E-state index contributed by atoms with van der Waals surface area (Å²) >= 11 is 6.05. The predicted molar refractivity (Wildman–Crippen MR) is 394 cm³/mol. The van der Waals surface area contributed by atoms with E-state index in [9.17, 15) is 36.0 Å². The van der Waals surface area contributed by atoms with Gasteiger partial charge < -0.3 is 50.7 Å². The second-order valence-electron chi connectivity index (χ2n) is 29.1. The second kappa shape index (κ2) is 32.5. The maximum atomic E-state index is 13.6. The standard InChI is InChI=1S/C32H41N5O5S2.C21H23BrN4O3S2.C17H30BNO4/c1-31(2,3)37-44(40,41)27-18-24(35-29(38)34-19-21-10-8-7-9-11-21)16-17-25(27)26-20-33-28(43-26)22-12-14-23(15-13-22)36-30(39)42-32(4,5)6;1-21(2,3)26-31(28,29)18-11-15(9-10-16(18)17-13-23-19(22)30-17)25-20(27)24-12-14-7-5-4-6-8-14;1-15(2,3)21-14(20)19-13-10-8-12(9-11-13)18-22-16(4,5)17(6,7)23-18/h7-12,16-18,20,23,37H,13-15,19H2,1-6H3,(H,36,39)(H2,34,35,38);4-11,13,26H,12H2,1-3H3,(H2,24,25,27);8,13H,9-11H2,1-7H3,(H,19,20). The lowest BCUT2D eigenvalue weighted by Gasteiger charge is -2.32. The molecule has 3 aliphatic rings. The van der Waals surface area contributed by atoms with Crippen molar-refractivity contribution in [2.45, 2.75) is 218 Å². The van der Waals surface area contributed by atoms with E-state index < -0.39 is 60.5 Å². The number of anilines is 2. The number of ether oxygens (including phenoxy) is 2. The van der Waals surface area contributed by atoms with E-state index in [-0.39, 0.29) is 46.3 Å². The summed E-state index contributed by atoms with van der Waals surface area (Å²) in [7, 11) is -8.10. The highest BCUT2D eigenvalue weighted by molar-refractivity contribution is 9.11. The Morgan fingerprint density at radius 1 is 0.582 bits per heavy atom. The highest BCUT2D eigenvalue weighted by Gasteiger charge is 2.52. The van der Waals surface area contributed by atoms with Crippen LogP contribution in [-0.2, 0) is 51.9 Å². The number of nitrogens with one attached hydrogen (secondary N) is 8. The van der Waals surface area contributed by atoms with Crippen molar-refractivity contribution in [3.05, 3.63) is 147 Å². The number of thiazole rings is 2. The smallest absolute Gasteiger partial charge is 0.444 e. The highest BCUT2D eigenvalue weighted by Crippen LogP contribution is 2.42. The third-order valence-corrected chi connectivity index (χ3v) is 21.4. The Morgan fingerprint density at radius 3 is 1.38 bits per heavy atom. The Morgan fingerprint density at radius 2 is 1.00 bits per heavy atom. The Hall–Kier alpha value is -7.02.